The predicted octanol–water partition coefficient (Wildman–Crippen LogP) is 2.29. The van der Waals surface area contributed by atoms with E-state index in [0.717, 1.165) is 24.2 Å². The summed E-state index contributed by atoms with van der Waals surface area (Å²) in [5, 5.41) is 0.703. The van der Waals surface area contributed by atoms with Crippen LogP contribution in [0, 0.1) is 6.92 Å². The van der Waals surface area contributed by atoms with E-state index in [2.05, 4.69) is 15.7 Å². The highest BCUT2D eigenvalue weighted by Crippen LogP contribution is 2.32. The molecule has 0 saturated carbocycles. The third-order valence-corrected chi connectivity index (χ3v) is 4.35. The van der Waals surface area contributed by atoms with Gasteiger partial charge in [-0.3, -0.25) is 4.79 Å². The first kappa shape index (κ1) is 15.1. The van der Waals surface area contributed by atoms with Crippen LogP contribution >= 0.6 is 11.6 Å². The maximum Gasteiger partial charge on any atom is 0.322 e. The number of nitrogens with two attached hydrogens (primary N) is 1. The Balaban J connectivity index is 2.20. The molecule has 0 amide bonds. The Kier molecular flexibility index (Phi) is 4.89. The Hall–Kier alpha value is -1.26. The molecule has 1 heterocycles. The fourth-order valence-electron chi connectivity index (χ4n) is 2.66. The molecular formula is C15H21ClN2O2. The van der Waals surface area contributed by atoms with E-state index in [0.29, 0.717) is 11.4 Å². The van der Waals surface area contributed by atoms with Gasteiger partial charge in [0.25, 0.3) is 0 Å². The molecule has 1 aliphatic heterocycles. The van der Waals surface area contributed by atoms with Crippen LogP contribution in [0.1, 0.15) is 24.0 Å². The standard InChI is InChI=1S/C15H21ClN2O2/c1-10-13(18-7-3-4-8-18)6-5-11(14(10)16)9-12(17)15(19)20-2/h5-6,12H,3-4,7-9,17H2,1-2H3. The second kappa shape index (κ2) is 6.46. The van der Waals surface area contributed by atoms with Crippen LogP contribution in [0.2, 0.25) is 5.02 Å². The van der Waals surface area contributed by atoms with E-state index in [-0.39, 0.29) is 0 Å². The van der Waals surface area contributed by atoms with Crippen molar-refractivity contribution in [3.8, 4) is 0 Å². The fraction of sp³-hybridized carbons (Fsp3) is 0.533. The Morgan fingerprint density at radius 3 is 2.70 bits per heavy atom. The molecule has 5 heteroatoms. The van der Waals surface area contributed by atoms with Crippen LogP contribution in [-0.2, 0) is 16.0 Å². The molecule has 1 atom stereocenters. The van der Waals surface area contributed by atoms with Crippen LogP contribution in [0.3, 0.4) is 0 Å². The molecule has 2 rings (SSSR count). The molecular weight excluding hydrogens is 276 g/mol. The van der Waals surface area contributed by atoms with Crippen molar-refractivity contribution in [2.75, 3.05) is 25.1 Å². The minimum Gasteiger partial charge on any atom is -0.468 e. The quantitative estimate of drug-likeness (QED) is 0.866. The van der Waals surface area contributed by atoms with Crippen molar-refractivity contribution < 1.29 is 9.53 Å². The molecule has 1 aromatic rings. The third-order valence-electron chi connectivity index (χ3n) is 3.83. The van der Waals surface area contributed by atoms with E-state index >= 15 is 0 Å². The molecule has 1 unspecified atom stereocenters. The summed E-state index contributed by atoms with van der Waals surface area (Å²) < 4.78 is 4.64. The molecule has 110 valence electrons. The van der Waals surface area contributed by atoms with Crippen molar-refractivity contribution in [3.05, 3.63) is 28.3 Å². The highest BCUT2D eigenvalue weighted by Gasteiger charge is 2.20. The third kappa shape index (κ3) is 3.07. The summed E-state index contributed by atoms with van der Waals surface area (Å²) in [6, 6.07) is 3.37. The lowest BCUT2D eigenvalue weighted by Crippen LogP contribution is -2.33. The Morgan fingerprint density at radius 1 is 1.45 bits per heavy atom. The first-order valence-corrected chi connectivity index (χ1v) is 7.28. The Labute approximate surface area is 124 Å². The minimum absolute atomic E-state index is 0.395. The molecule has 1 aliphatic rings. The van der Waals surface area contributed by atoms with Crippen molar-refractivity contribution in [1.82, 2.24) is 0 Å². The number of hydrogen-bond donors (Lipinski definition) is 1. The second-order valence-electron chi connectivity index (χ2n) is 5.21. The van der Waals surface area contributed by atoms with Crippen molar-refractivity contribution in [1.29, 1.82) is 0 Å². The number of carbonyl (C=O) groups is 1. The van der Waals surface area contributed by atoms with Gasteiger partial charge in [-0.05, 0) is 43.4 Å². The molecule has 4 nitrogen and oxygen atoms in total. The number of esters is 1. The fourth-order valence-corrected chi connectivity index (χ4v) is 2.90. The van der Waals surface area contributed by atoms with Crippen LogP contribution < -0.4 is 10.6 Å². The lowest BCUT2D eigenvalue weighted by molar-refractivity contribution is -0.142. The predicted molar refractivity (Wildman–Crippen MR) is 81.3 cm³/mol. The molecule has 0 aromatic heterocycles. The van der Waals surface area contributed by atoms with Gasteiger partial charge in [-0.2, -0.15) is 0 Å². The van der Waals surface area contributed by atoms with E-state index < -0.39 is 12.0 Å². The summed E-state index contributed by atoms with van der Waals surface area (Å²) in [7, 11) is 1.34. The number of carbonyl (C=O) groups excluding carboxylic acids is 1. The van der Waals surface area contributed by atoms with Crippen LogP contribution in [0.25, 0.3) is 0 Å². The summed E-state index contributed by atoms with van der Waals surface area (Å²) in [6.07, 6.45) is 2.85. The van der Waals surface area contributed by atoms with E-state index in [4.69, 9.17) is 17.3 Å². The van der Waals surface area contributed by atoms with Crippen LogP contribution in [0.15, 0.2) is 12.1 Å². The van der Waals surface area contributed by atoms with Gasteiger partial charge in [0.1, 0.15) is 6.04 Å². The molecule has 0 spiro atoms. The zero-order valence-electron chi connectivity index (χ0n) is 12.0. The van der Waals surface area contributed by atoms with E-state index in [9.17, 15) is 4.79 Å². The number of nitrogens with zero attached hydrogens (tertiary/aromatic N) is 1. The van der Waals surface area contributed by atoms with Gasteiger partial charge in [0.05, 0.1) is 7.11 Å². The SMILES string of the molecule is COC(=O)C(N)Cc1ccc(N2CCCC2)c(C)c1Cl. The molecule has 0 aliphatic carbocycles. The van der Waals surface area contributed by atoms with Crippen LogP contribution in [-0.4, -0.2) is 32.2 Å². The van der Waals surface area contributed by atoms with Gasteiger partial charge >= 0.3 is 5.97 Å². The number of methoxy groups -OCH3 is 1. The number of halogens is 1. The largest absolute Gasteiger partial charge is 0.468 e. The molecule has 1 saturated heterocycles. The molecule has 20 heavy (non-hydrogen) atoms. The topological polar surface area (TPSA) is 55.6 Å². The smallest absolute Gasteiger partial charge is 0.322 e. The van der Waals surface area contributed by atoms with Gasteiger partial charge in [-0.25, -0.2) is 0 Å². The summed E-state index contributed by atoms with van der Waals surface area (Å²) in [6.45, 7) is 4.18. The summed E-state index contributed by atoms with van der Waals surface area (Å²) in [4.78, 5) is 13.7. The molecule has 1 fully saturated rings. The van der Waals surface area contributed by atoms with Crippen molar-refractivity contribution in [2.45, 2.75) is 32.2 Å². The maximum atomic E-state index is 11.4. The number of anilines is 1. The van der Waals surface area contributed by atoms with Crippen molar-refractivity contribution >= 4 is 23.3 Å². The molecule has 0 radical (unpaired) electrons. The van der Waals surface area contributed by atoms with Crippen LogP contribution in [0.5, 0.6) is 0 Å². The van der Waals surface area contributed by atoms with Crippen LogP contribution in [0.4, 0.5) is 5.69 Å². The second-order valence-corrected chi connectivity index (χ2v) is 5.59. The zero-order chi connectivity index (χ0) is 14.7. The number of rotatable bonds is 4. The van der Waals surface area contributed by atoms with Gasteiger partial charge in [0.2, 0.25) is 0 Å². The first-order valence-electron chi connectivity index (χ1n) is 6.91. The average molecular weight is 297 g/mol. The van der Waals surface area contributed by atoms with E-state index in [1.165, 1.54) is 25.6 Å². The monoisotopic (exact) mass is 296 g/mol. The number of ether oxygens (including phenoxy) is 1. The number of benzene rings is 1. The van der Waals surface area contributed by atoms with Gasteiger partial charge < -0.3 is 15.4 Å². The number of hydrogen-bond acceptors (Lipinski definition) is 4. The van der Waals surface area contributed by atoms with Crippen molar-refractivity contribution in [3.63, 3.8) is 0 Å². The van der Waals surface area contributed by atoms with Crippen molar-refractivity contribution in [2.24, 2.45) is 5.73 Å². The minimum atomic E-state index is -0.672. The Bertz CT molecular complexity index is 499. The summed E-state index contributed by atoms with van der Waals surface area (Å²) >= 11 is 6.43. The molecule has 2 N–H and O–H groups in total. The van der Waals surface area contributed by atoms with Gasteiger partial charge in [-0.1, -0.05) is 17.7 Å². The maximum absolute atomic E-state index is 11.4. The summed E-state index contributed by atoms with van der Waals surface area (Å²) in [5.41, 5.74) is 8.93. The zero-order valence-corrected chi connectivity index (χ0v) is 12.7. The van der Waals surface area contributed by atoms with E-state index in [1.54, 1.807) is 0 Å². The van der Waals surface area contributed by atoms with Gasteiger partial charge in [0, 0.05) is 23.8 Å². The summed E-state index contributed by atoms with van der Waals surface area (Å²) in [5.74, 6) is -0.415. The first-order chi connectivity index (χ1) is 9.54. The molecule has 1 aromatic carbocycles. The normalized spacial score (nSPS) is 16.3. The Morgan fingerprint density at radius 2 is 2.10 bits per heavy atom. The highest BCUT2D eigenvalue weighted by molar-refractivity contribution is 6.32. The lowest BCUT2D eigenvalue weighted by Gasteiger charge is -2.22. The van der Waals surface area contributed by atoms with Gasteiger partial charge in [0.15, 0.2) is 0 Å². The lowest BCUT2D eigenvalue weighted by atomic mass is 10.0. The molecule has 0 bridgehead atoms. The highest BCUT2D eigenvalue weighted by atomic mass is 35.5. The average Bonchev–Trinajstić information content (AvgIpc) is 2.97. The van der Waals surface area contributed by atoms with E-state index in [1.807, 2.05) is 13.0 Å². The van der Waals surface area contributed by atoms with Gasteiger partial charge in [-0.15, -0.1) is 0 Å².